The summed E-state index contributed by atoms with van der Waals surface area (Å²) in [6.07, 6.45) is 3.69. The molecule has 0 bridgehead atoms. The van der Waals surface area contributed by atoms with Crippen LogP contribution in [0, 0.1) is 0 Å². The Bertz CT molecular complexity index is 708. The van der Waals surface area contributed by atoms with Crippen LogP contribution in [0.2, 0.25) is 0 Å². The minimum atomic E-state index is -0.939. The van der Waals surface area contributed by atoms with Crippen LogP contribution in [-0.4, -0.2) is 59.5 Å². The number of amides is 1. The summed E-state index contributed by atoms with van der Waals surface area (Å²) in [5, 5.41) is 12.1. The Balaban J connectivity index is 1.46. The van der Waals surface area contributed by atoms with Crippen LogP contribution in [0.3, 0.4) is 0 Å². The van der Waals surface area contributed by atoms with Gasteiger partial charge in [-0.2, -0.15) is 4.99 Å². The summed E-state index contributed by atoms with van der Waals surface area (Å²) < 4.78 is 0. The van der Waals surface area contributed by atoms with Gasteiger partial charge >= 0.3 is 5.97 Å². The number of rotatable bonds is 6. The number of aliphatic imine (C=N–C) groups is 3. The van der Waals surface area contributed by atoms with E-state index >= 15 is 0 Å². The second-order valence-electron chi connectivity index (χ2n) is 5.09. The van der Waals surface area contributed by atoms with Crippen LogP contribution in [0.4, 0.5) is 5.69 Å². The molecule has 3 rings (SSSR count). The number of hydrogen-bond donors (Lipinski definition) is 2. The number of aromatic carboxylic acids is 1. The van der Waals surface area contributed by atoms with Crippen molar-refractivity contribution in [2.75, 3.05) is 18.4 Å². The van der Waals surface area contributed by atoms with Gasteiger partial charge in [-0.25, -0.2) is 9.79 Å². The molecule has 23 heavy (non-hydrogen) atoms. The summed E-state index contributed by atoms with van der Waals surface area (Å²) in [6, 6.07) is 6.00. The van der Waals surface area contributed by atoms with Crippen LogP contribution in [0.1, 0.15) is 16.8 Å². The first kappa shape index (κ1) is 14.9. The van der Waals surface area contributed by atoms with Gasteiger partial charge < -0.3 is 15.3 Å². The van der Waals surface area contributed by atoms with Gasteiger partial charge in [0.1, 0.15) is 12.2 Å². The number of carboxylic acids is 1. The highest BCUT2D eigenvalue weighted by Gasteiger charge is 2.33. The molecule has 2 aliphatic heterocycles. The highest BCUT2D eigenvalue weighted by atomic mass is 16.4. The van der Waals surface area contributed by atoms with Crippen molar-refractivity contribution in [2.24, 2.45) is 15.0 Å². The van der Waals surface area contributed by atoms with Gasteiger partial charge in [0, 0.05) is 18.8 Å². The first-order valence-electron chi connectivity index (χ1n) is 7.16. The predicted molar refractivity (Wildman–Crippen MR) is 86.4 cm³/mol. The summed E-state index contributed by atoms with van der Waals surface area (Å²) in [5.74, 6) is -0.605. The van der Waals surface area contributed by atoms with Crippen LogP contribution < -0.4 is 5.32 Å². The molecule has 118 valence electrons. The molecule has 2 N–H and O–H groups in total. The number of carbonyl (C=O) groups is 2. The Morgan fingerprint density at radius 1 is 1.30 bits per heavy atom. The summed E-state index contributed by atoms with van der Waals surface area (Å²) >= 11 is 0. The number of amidine groups is 1. The smallest absolute Gasteiger partial charge is 0.335 e. The third-order valence-corrected chi connectivity index (χ3v) is 3.54. The van der Waals surface area contributed by atoms with Gasteiger partial charge in [-0.05, 0) is 30.7 Å². The number of nitrogens with zero attached hydrogens (tertiary/aromatic N) is 4. The van der Waals surface area contributed by atoms with E-state index in [1.807, 2.05) is 4.90 Å². The van der Waals surface area contributed by atoms with E-state index in [0.717, 1.165) is 12.1 Å². The number of carboxylic acid groups (broad SMARTS) is 1. The Kier molecular flexibility index (Phi) is 4.13. The second-order valence-corrected chi connectivity index (χ2v) is 5.09. The van der Waals surface area contributed by atoms with Gasteiger partial charge in [0.05, 0.1) is 11.9 Å². The fourth-order valence-electron chi connectivity index (χ4n) is 2.35. The summed E-state index contributed by atoms with van der Waals surface area (Å²) in [5.41, 5.74) is 1.12. The molecule has 0 spiro atoms. The van der Waals surface area contributed by atoms with Crippen LogP contribution in [0.25, 0.3) is 0 Å². The lowest BCUT2D eigenvalue weighted by atomic mass is 10.2. The zero-order valence-electron chi connectivity index (χ0n) is 12.2. The van der Waals surface area contributed by atoms with E-state index in [1.165, 1.54) is 6.34 Å². The molecule has 0 aromatic heterocycles. The molecule has 8 heteroatoms. The van der Waals surface area contributed by atoms with E-state index in [2.05, 4.69) is 20.3 Å². The molecule has 0 fully saturated rings. The van der Waals surface area contributed by atoms with E-state index in [1.54, 1.807) is 30.6 Å². The molecule has 0 saturated carbocycles. The van der Waals surface area contributed by atoms with E-state index in [0.29, 0.717) is 18.9 Å². The quantitative estimate of drug-likeness (QED) is 0.758. The number of hydrogen-bond acceptors (Lipinski definition) is 6. The van der Waals surface area contributed by atoms with Gasteiger partial charge in [0.15, 0.2) is 6.04 Å². The zero-order chi connectivity index (χ0) is 16.2. The van der Waals surface area contributed by atoms with Crippen molar-refractivity contribution in [3.8, 4) is 0 Å². The molecule has 8 nitrogen and oxygen atoms in total. The van der Waals surface area contributed by atoms with Crippen molar-refractivity contribution in [2.45, 2.75) is 12.5 Å². The van der Waals surface area contributed by atoms with Crippen molar-refractivity contribution >= 4 is 36.1 Å². The first-order valence-corrected chi connectivity index (χ1v) is 7.16. The van der Waals surface area contributed by atoms with Crippen LogP contribution in [0.5, 0.6) is 0 Å². The number of benzene rings is 1. The van der Waals surface area contributed by atoms with E-state index in [4.69, 9.17) is 5.11 Å². The zero-order valence-corrected chi connectivity index (χ0v) is 12.2. The monoisotopic (exact) mass is 313 g/mol. The highest BCUT2D eigenvalue weighted by Crippen LogP contribution is 2.13. The van der Waals surface area contributed by atoms with Gasteiger partial charge in [0.25, 0.3) is 5.91 Å². The molecule has 1 aromatic carbocycles. The van der Waals surface area contributed by atoms with Crippen LogP contribution in [-0.2, 0) is 4.79 Å². The number of carbonyl (C=O) groups excluding carboxylic acids is 1. The molecular weight excluding hydrogens is 298 g/mol. The Labute approximate surface area is 132 Å². The average Bonchev–Trinajstić information content (AvgIpc) is 2.97. The van der Waals surface area contributed by atoms with E-state index in [9.17, 15) is 9.59 Å². The standard InChI is InChI=1S/C15H15N5O3/c21-14-12-13(17-8-18-14)20(9-19-12)7-1-6-16-11-4-2-10(3-5-11)15(22)23/h2-5,8-9,12,16H,1,6-7H2,(H,22,23). The molecular formula is C15H15N5O3. The van der Waals surface area contributed by atoms with E-state index < -0.39 is 12.0 Å². The lowest BCUT2D eigenvalue weighted by molar-refractivity contribution is -0.117. The number of nitrogens with one attached hydrogen (secondary N) is 1. The molecule has 0 radical (unpaired) electrons. The summed E-state index contributed by atoms with van der Waals surface area (Å²) in [6.45, 7) is 1.39. The molecule has 2 aliphatic rings. The van der Waals surface area contributed by atoms with E-state index in [-0.39, 0.29) is 11.5 Å². The van der Waals surface area contributed by atoms with Gasteiger partial charge in [-0.1, -0.05) is 0 Å². The molecule has 1 amide bonds. The van der Waals surface area contributed by atoms with Gasteiger partial charge in [0.2, 0.25) is 0 Å². The third kappa shape index (κ3) is 3.25. The predicted octanol–water partition coefficient (Wildman–Crippen LogP) is 0.866. The van der Waals surface area contributed by atoms with Gasteiger partial charge in [-0.15, -0.1) is 0 Å². The second kappa shape index (κ2) is 6.39. The molecule has 1 atom stereocenters. The molecule has 2 heterocycles. The number of anilines is 1. The van der Waals surface area contributed by atoms with Crippen LogP contribution in [0.15, 0.2) is 39.2 Å². The lowest BCUT2D eigenvalue weighted by Gasteiger charge is -2.18. The fraction of sp³-hybridized carbons (Fsp3) is 0.267. The summed E-state index contributed by atoms with van der Waals surface area (Å²) in [7, 11) is 0. The number of fused-ring (bicyclic) bond motifs is 1. The molecule has 0 aliphatic carbocycles. The first-order chi connectivity index (χ1) is 11.1. The Hall–Kier alpha value is -3.03. The minimum Gasteiger partial charge on any atom is -0.478 e. The molecule has 1 unspecified atom stereocenters. The van der Waals surface area contributed by atoms with Crippen LogP contribution >= 0.6 is 0 Å². The fourth-order valence-corrected chi connectivity index (χ4v) is 2.35. The van der Waals surface area contributed by atoms with Crippen molar-refractivity contribution in [3.05, 3.63) is 29.8 Å². The third-order valence-electron chi connectivity index (χ3n) is 3.54. The SMILES string of the molecule is O=C(O)c1ccc(NCCCN2C=NC3C(=O)N=CN=C32)cc1. The Morgan fingerprint density at radius 3 is 2.83 bits per heavy atom. The lowest BCUT2D eigenvalue weighted by Crippen LogP contribution is -2.37. The maximum Gasteiger partial charge on any atom is 0.335 e. The molecule has 1 aromatic rings. The van der Waals surface area contributed by atoms with Crippen molar-refractivity contribution in [1.29, 1.82) is 0 Å². The maximum absolute atomic E-state index is 11.5. The normalized spacial score (nSPS) is 18.8. The van der Waals surface area contributed by atoms with Crippen molar-refractivity contribution < 1.29 is 14.7 Å². The average molecular weight is 313 g/mol. The van der Waals surface area contributed by atoms with Crippen molar-refractivity contribution in [3.63, 3.8) is 0 Å². The summed E-state index contributed by atoms with van der Waals surface area (Å²) in [4.78, 5) is 36.0. The van der Waals surface area contributed by atoms with Gasteiger partial charge in [-0.3, -0.25) is 9.79 Å². The largest absolute Gasteiger partial charge is 0.478 e. The Morgan fingerprint density at radius 2 is 2.09 bits per heavy atom. The van der Waals surface area contributed by atoms with Crippen molar-refractivity contribution in [1.82, 2.24) is 4.90 Å². The minimum absolute atomic E-state index is 0.261. The molecule has 0 saturated heterocycles. The topological polar surface area (TPSA) is 107 Å². The maximum atomic E-state index is 11.5. The highest BCUT2D eigenvalue weighted by molar-refractivity contribution is 6.19.